The van der Waals surface area contributed by atoms with Gasteiger partial charge in [-0.1, -0.05) is 11.2 Å². The molecule has 1 aromatic heterocycles. The van der Waals surface area contributed by atoms with Crippen molar-refractivity contribution in [1.29, 1.82) is 0 Å². The summed E-state index contributed by atoms with van der Waals surface area (Å²) in [5, 5.41) is 4.02. The monoisotopic (exact) mass is 289 g/mol. The van der Waals surface area contributed by atoms with Gasteiger partial charge in [0.25, 0.3) is 5.89 Å². The van der Waals surface area contributed by atoms with Crippen LogP contribution in [-0.2, 0) is 10.3 Å². The highest BCUT2D eigenvalue weighted by molar-refractivity contribution is 5.55. The number of nitrogens with zero attached hydrogens (tertiary/aromatic N) is 2. The number of nitrogens with two attached hydrogens (primary N) is 1. The summed E-state index contributed by atoms with van der Waals surface area (Å²) in [5.41, 5.74) is 6.62. The molecule has 0 aliphatic heterocycles. The van der Waals surface area contributed by atoms with Gasteiger partial charge in [-0.15, -0.1) is 0 Å². The van der Waals surface area contributed by atoms with E-state index in [1.165, 1.54) is 0 Å². The van der Waals surface area contributed by atoms with E-state index < -0.39 is 5.54 Å². The molecule has 2 aromatic rings. The van der Waals surface area contributed by atoms with E-state index in [9.17, 15) is 0 Å². The molecule has 0 atom stereocenters. The molecular weight excluding hydrogens is 270 g/mol. The summed E-state index contributed by atoms with van der Waals surface area (Å²) in [6, 6.07) is 7.55. The fourth-order valence-corrected chi connectivity index (χ4v) is 2.29. The van der Waals surface area contributed by atoms with E-state index >= 15 is 0 Å². The molecule has 112 valence electrons. The molecule has 3 rings (SSSR count). The van der Waals surface area contributed by atoms with Crippen LogP contribution in [0.2, 0.25) is 0 Å². The summed E-state index contributed by atoms with van der Waals surface area (Å²) in [6.07, 6.45) is 2.93. The van der Waals surface area contributed by atoms with Crippen molar-refractivity contribution in [3.8, 4) is 17.2 Å². The van der Waals surface area contributed by atoms with Crippen LogP contribution in [0.15, 0.2) is 28.8 Å². The van der Waals surface area contributed by atoms with Crippen molar-refractivity contribution in [2.45, 2.75) is 24.8 Å². The minimum atomic E-state index is -0.408. The number of rotatable bonds is 6. The topological polar surface area (TPSA) is 83.4 Å². The van der Waals surface area contributed by atoms with Gasteiger partial charge in [-0.05, 0) is 37.5 Å². The molecule has 1 heterocycles. The summed E-state index contributed by atoms with van der Waals surface area (Å²) in [4.78, 5) is 4.43. The van der Waals surface area contributed by atoms with Crippen molar-refractivity contribution in [2.75, 3.05) is 20.3 Å². The first kappa shape index (κ1) is 14.0. The average molecular weight is 289 g/mol. The van der Waals surface area contributed by atoms with E-state index in [1.54, 1.807) is 7.11 Å². The number of benzene rings is 1. The lowest BCUT2D eigenvalue weighted by Gasteiger charge is -2.34. The fourth-order valence-electron chi connectivity index (χ4n) is 2.29. The second-order valence-corrected chi connectivity index (χ2v) is 5.30. The zero-order valence-corrected chi connectivity index (χ0v) is 12.0. The SMILES string of the molecule is COCCOc1cccc(-c2nc(C3(N)CCC3)no2)c1. The Morgan fingerprint density at radius 1 is 1.33 bits per heavy atom. The summed E-state index contributed by atoms with van der Waals surface area (Å²) < 4.78 is 15.9. The Hall–Kier alpha value is -1.92. The average Bonchev–Trinajstić information content (AvgIpc) is 2.96. The van der Waals surface area contributed by atoms with Crippen LogP contribution < -0.4 is 10.5 Å². The highest BCUT2D eigenvalue weighted by atomic mass is 16.5. The second-order valence-electron chi connectivity index (χ2n) is 5.30. The summed E-state index contributed by atoms with van der Waals surface area (Å²) in [7, 11) is 1.64. The molecule has 6 nitrogen and oxygen atoms in total. The van der Waals surface area contributed by atoms with Gasteiger partial charge in [0.2, 0.25) is 0 Å². The zero-order valence-electron chi connectivity index (χ0n) is 12.0. The van der Waals surface area contributed by atoms with E-state index in [0.717, 1.165) is 30.6 Å². The third kappa shape index (κ3) is 2.91. The second kappa shape index (κ2) is 5.83. The number of hydrogen-bond donors (Lipinski definition) is 1. The molecular formula is C15H19N3O3. The van der Waals surface area contributed by atoms with Crippen LogP contribution in [0.4, 0.5) is 0 Å². The van der Waals surface area contributed by atoms with Crippen molar-refractivity contribution < 1.29 is 14.0 Å². The Morgan fingerprint density at radius 2 is 2.19 bits per heavy atom. The summed E-state index contributed by atoms with van der Waals surface area (Å²) in [6.45, 7) is 1.05. The number of methoxy groups -OCH3 is 1. The van der Waals surface area contributed by atoms with Gasteiger partial charge in [0.1, 0.15) is 12.4 Å². The van der Waals surface area contributed by atoms with Gasteiger partial charge in [0.15, 0.2) is 5.82 Å². The minimum Gasteiger partial charge on any atom is -0.491 e. The van der Waals surface area contributed by atoms with Crippen LogP contribution >= 0.6 is 0 Å². The molecule has 1 aliphatic carbocycles. The molecule has 1 fully saturated rings. The lowest BCUT2D eigenvalue weighted by Crippen LogP contribution is -2.44. The molecule has 0 bridgehead atoms. The molecule has 0 saturated heterocycles. The maximum atomic E-state index is 6.20. The molecule has 21 heavy (non-hydrogen) atoms. The smallest absolute Gasteiger partial charge is 0.258 e. The first-order valence-corrected chi connectivity index (χ1v) is 7.06. The van der Waals surface area contributed by atoms with Crippen molar-refractivity contribution in [2.24, 2.45) is 5.73 Å². The van der Waals surface area contributed by atoms with Crippen molar-refractivity contribution in [3.05, 3.63) is 30.1 Å². The Morgan fingerprint density at radius 3 is 2.90 bits per heavy atom. The molecule has 1 aliphatic rings. The zero-order chi connectivity index (χ0) is 14.7. The van der Waals surface area contributed by atoms with Gasteiger partial charge < -0.3 is 19.7 Å². The van der Waals surface area contributed by atoms with Gasteiger partial charge in [-0.3, -0.25) is 0 Å². The van der Waals surface area contributed by atoms with Crippen molar-refractivity contribution in [3.63, 3.8) is 0 Å². The minimum absolute atomic E-state index is 0.408. The van der Waals surface area contributed by atoms with Gasteiger partial charge in [-0.2, -0.15) is 4.98 Å². The van der Waals surface area contributed by atoms with E-state index in [4.69, 9.17) is 19.7 Å². The van der Waals surface area contributed by atoms with Crippen LogP contribution in [0.25, 0.3) is 11.5 Å². The lowest BCUT2D eigenvalue weighted by molar-refractivity contribution is 0.146. The Labute approximate surface area is 123 Å². The molecule has 0 amide bonds. The highest BCUT2D eigenvalue weighted by Gasteiger charge is 2.39. The lowest BCUT2D eigenvalue weighted by atomic mass is 9.77. The fraction of sp³-hybridized carbons (Fsp3) is 0.467. The predicted molar refractivity (Wildman–Crippen MR) is 76.8 cm³/mol. The first-order valence-electron chi connectivity index (χ1n) is 7.06. The summed E-state index contributed by atoms with van der Waals surface area (Å²) in [5.74, 6) is 1.81. The van der Waals surface area contributed by atoms with E-state index in [0.29, 0.717) is 24.9 Å². The van der Waals surface area contributed by atoms with Gasteiger partial charge >= 0.3 is 0 Å². The van der Waals surface area contributed by atoms with Crippen LogP contribution in [0.1, 0.15) is 25.1 Å². The van der Waals surface area contributed by atoms with E-state index in [1.807, 2.05) is 24.3 Å². The van der Waals surface area contributed by atoms with Crippen LogP contribution in [0, 0.1) is 0 Å². The molecule has 0 spiro atoms. The molecule has 1 saturated carbocycles. The third-order valence-corrected chi connectivity index (χ3v) is 3.75. The molecule has 0 radical (unpaired) electrons. The quantitative estimate of drug-likeness (QED) is 0.820. The Bertz CT molecular complexity index is 608. The van der Waals surface area contributed by atoms with Crippen molar-refractivity contribution in [1.82, 2.24) is 10.1 Å². The first-order chi connectivity index (χ1) is 10.2. The summed E-state index contributed by atoms with van der Waals surface area (Å²) >= 11 is 0. The molecule has 0 unspecified atom stereocenters. The standard InChI is InChI=1S/C15H19N3O3/c1-19-8-9-20-12-5-2-4-11(10-12)13-17-14(18-21-13)15(16)6-3-7-15/h2,4-5,10H,3,6-9,16H2,1H3. The van der Waals surface area contributed by atoms with Crippen LogP contribution in [0.5, 0.6) is 5.75 Å². The largest absolute Gasteiger partial charge is 0.491 e. The van der Waals surface area contributed by atoms with E-state index in [-0.39, 0.29) is 0 Å². The molecule has 1 aromatic carbocycles. The van der Waals surface area contributed by atoms with Gasteiger partial charge in [-0.25, -0.2) is 0 Å². The number of hydrogen-bond acceptors (Lipinski definition) is 6. The highest BCUT2D eigenvalue weighted by Crippen LogP contribution is 2.37. The third-order valence-electron chi connectivity index (χ3n) is 3.75. The predicted octanol–water partition coefficient (Wildman–Crippen LogP) is 2.10. The van der Waals surface area contributed by atoms with Crippen LogP contribution in [0.3, 0.4) is 0 Å². The maximum absolute atomic E-state index is 6.20. The van der Waals surface area contributed by atoms with Gasteiger partial charge in [0, 0.05) is 12.7 Å². The number of ether oxygens (including phenoxy) is 2. The van der Waals surface area contributed by atoms with Crippen LogP contribution in [-0.4, -0.2) is 30.5 Å². The number of aromatic nitrogens is 2. The Kier molecular flexibility index (Phi) is 3.90. The van der Waals surface area contributed by atoms with Gasteiger partial charge in [0.05, 0.1) is 12.1 Å². The Balaban J connectivity index is 1.76. The normalized spacial score (nSPS) is 16.5. The molecule has 2 N–H and O–H groups in total. The molecule has 6 heteroatoms. The van der Waals surface area contributed by atoms with E-state index in [2.05, 4.69) is 10.1 Å². The van der Waals surface area contributed by atoms with Crippen molar-refractivity contribution >= 4 is 0 Å². The maximum Gasteiger partial charge on any atom is 0.258 e.